The molecule has 3 aromatic heterocycles. The van der Waals surface area contributed by atoms with E-state index in [9.17, 15) is 31.5 Å². The van der Waals surface area contributed by atoms with Crippen LogP contribution < -0.4 is 10.6 Å². The highest BCUT2D eigenvalue weighted by Crippen LogP contribution is 2.36. The van der Waals surface area contributed by atoms with Crippen LogP contribution in [0, 0.1) is 6.92 Å². The summed E-state index contributed by atoms with van der Waals surface area (Å²) in [4.78, 5) is 30.8. The van der Waals surface area contributed by atoms with Crippen molar-refractivity contribution in [3.05, 3.63) is 41.1 Å². The number of hydrogen-bond donors (Lipinski definition) is 2. The van der Waals surface area contributed by atoms with E-state index in [1.165, 1.54) is 43.9 Å². The Morgan fingerprint density at radius 3 is 2.62 bits per heavy atom. The molecule has 1 saturated heterocycles. The minimum absolute atomic E-state index is 0.0677. The first kappa shape index (κ1) is 31.0. The zero-order chi connectivity index (χ0) is 31.0. The van der Waals surface area contributed by atoms with E-state index >= 15 is 0 Å². The quantitative estimate of drug-likeness (QED) is 0.333. The summed E-state index contributed by atoms with van der Waals surface area (Å²) in [7, 11) is 1.34. The Labute approximate surface area is 235 Å². The predicted molar refractivity (Wildman–Crippen MR) is 133 cm³/mol. The van der Waals surface area contributed by atoms with Crippen molar-refractivity contribution in [1.82, 2.24) is 40.4 Å². The van der Waals surface area contributed by atoms with Crippen molar-refractivity contribution in [2.75, 3.05) is 26.8 Å². The molecule has 0 spiro atoms. The van der Waals surface area contributed by atoms with Crippen LogP contribution in [-0.4, -0.2) is 92.4 Å². The van der Waals surface area contributed by atoms with E-state index < -0.39 is 60.9 Å². The topological polar surface area (TPSA) is 149 Å². The van der Waals surface area contributed by atoms with E-state index in [1.54, 1.807) is 0 Å². The van der Waals surface area contributed by atoms with Gasteiger partial charge in [-0.05, 0) is 38.9 Å². The maximum absolute atomic E-state index is 14.1. The van der Waals surface area contributed by atoms with E-state index in [4.69, 9.17) is 9.47 Å². The standard InChI is InChI=1S/C24H29F5N8O5/c1-12-18(35-42-34-12)20(38)33-19(13(2)41-22(3,4)24(27,28)29)15-8-37-17(32-15)6-14(7-31-37)16(9-40-5)36-11-23(25,26)10-30-21(36)39/h6-8,13,16,19H,9-11H2,1-5H3,(H,30,39)(H,33,38)/t13-,16-,19+/m1/s1. The third-order valence-electron chi connectivity index (χ3n) is 6.71. The number of alkyl halides is 5. The molecule has 0 saturated carbocycles. The number of imidazole rings is 1. The number of halogens is 5. The molecule has 1 aliphatic rings. The monoisotopic (exact) mass is 604 g/mol. The van der Waals surface area contributed by atoms with E-state index in [1.807, 2.05) is 0 Å². The lowest BCUT2D eigenvalue weighted by Gasteiger charge is -2.38. The summed E-state index contributed by atoms with van der Waals surface area (Å²) in [6.45, 7) is 2.69. The van der Waals surface area contributed by atoms with Gasteiger partial charge in [0.25, 0.3) is 11.8 Å². The number of nitrogens with one attached hydrogen (secondary N) is 2. The first-order chi connectivity index (χ1) is 19.5. The predicted octanol–water partition coefficient (Wildman–Crippen LogP) is 2.99. The van der Waals surface area contributed by atoms with Gasteiger partial charge in [-0.3, -0.25) is 4.79 Å². The maximum atomic E-state index is 14.1. The highest BCUT2D eigenvalue weighted by Gasteiger charge is 2.50. The first-order valence-corrected chi connectivity index (χ1v) is 12.6. The highest BCUT2D eigenvalue weighted by molar-refractivity contribution is 5.93. The number of ether oxygens (including phenoxy) is 2. The second-order valence-electron chi connectivity index (χ2n) is 10.4. The summed E-state index contributed by atoms with van der Waals surface area (Å²) in [6.07, 6.45) is -3.32. The Hall–Kier alpha value is -3.93. The number of aryl methyl sites for hydroxylation is 1. The molecular weight excluding hydrogens is 575 g/mol. The van der Waals surface area contributed by atoms with Crippen LogP contribution in [0.1, 0.15) is 60.3 Å². The van der Waals surface area contributed by atoms with Crippen LogP contribution in [0.15, 0.2) is 23.1 Å². The van der Waals surface area contributed by atoms with Crippen molar-refractivity contribution in [3.8, 4) is 0 Å². The molecule has 2 N–H and O–H groups in total. The minimum Gasteiger partial charge on any atom is -0.382 e. The average molecular weight is 605 g/mol. The van der Waals surface area contributed by atoms with Gasteiger partial charge in [0.1, 0.15) is 5.69 Å². The van der Waals surface area contributed by atoms with Crippen molar-refractivity contribution in [2.24, 2.45) is 0 Å². The first-order valence-electron chi connectivity index (χ1n) is 12.6. The van der Waals surface area contributed by atoms with Gasteiger partial charge < -0.3 is 25.0 Å². The molecule has 13 nitrogen and oxygen atoms in total. The SMILES string of the molecule is COC[C@H](c1cnn2cc([C@@H](NC(=O)c3nonc3C)[C@@H](C)OC(C)(C)C(F)(F)F)nc2c1)N1CC(F)(F)CNC1=O. The minimum atomic E-state index is -4.73. The summed E-state index contributed by atoms with van der Waals surface area (Å²) >= 11 is 0. The number of amides is 3. The van der Waals surface area contributed by atoms with Gasteiger partial charge in [0.2, 0.25) is 0 Å². The summed E-state index contributed by atoms with van der Waals surface area (Å²) in [5, 5.41) is 16.0. The van der Waals surface area contributed by atoms with Gasteiger partial charge in [0.05, 0.1) is 56.0 Å². The number of carbonyl (C=O) groups excluding carboxylic acids is 2. The van der Waals surface area contributed by atoms with E-state index in [-0.39, 0.29) is 29.3 Å². The molecule has 0 aliphatic carbocycles. The largest absolute Gasteiger partial charge is 0.416 e. The second-order valence-corrected chi connectivity index (χ2v) is 10.4. The Kier molecular flexibility index (Phi) is 8.41. The zero-order valence-electron chi connectivity index (χ0n) is 23.2. The Bertz CT molecular complexity index is 1440. The van der Waals surface area contributed by atoms with Crippen LogP contribution >= 0.6 is 0 Å². The molecule has 0 radical (unpaired) electrons. The lowest BCUT2D eigenvalue weighted by atomic mass is 10.1. The molecule has 0 unspecified atom stereocenters. The lowest BCUT2D eigenvalue weighted by molar-refractivity contribution is -0.277. The third-order valence-corrected chi connectivity index (χ3v) is 6.71. The molecule has 1 fully saturated rings. The second kappa shape index (κ2) is 11.4. The molecule has 230 valence electrons. The summed E-state index contributed by atoms with van der Waals surface area (Å²) < 4.78 is 85.5. The molecule has 0 bridgehead atoms. The molecule has 18 heteroatoms. The molecular formula is C24H29F5N8O5. The Balaban J connectivity index is 1.70. The normalized spacial score (nSPS) is 18.0. The molecule has 42 heavy (non-hydrogen) atoms. The van der Waals surface area contributed by atoms with Crippen molar-refractivity contribution in [2.45, 2.75) is 63.6 Å². The fourth-order valence-corrected chi connectivity index (χ4v) is 4.38. The van der Waals surface area contributed by atoms with Gasteiger partial charge in [0.15, 0.2) is 16.9 Å². The molecule has 3 aromatic rings. The number of methoxy groups -OCH3 is 1. The molecule has 0 aromatic carbocycles. The van der Waals surface area contributed by atoms with E-state index in [0.29, 0.717) is 5.56 Å². The van der Waals surface area contributed by atoms with Gasteiger partial charge in [-0.15, -0.1) is 0 Å². The van der Waals surface area contributed by atoms with E-state index in [2.05, 4.69) is 35.7 Å². The highest BCUT2D eigenvalue weighted by atomic mass is 19.4. The number of urea groups is 1. The van der Waals surface area contributed by atoms with Gasteiger partial charge in [0, 0.05) is 12.7 Å². The Morgan fingerprint density at radius 1 is 1.29 bits per heavy atom. The van der Waals surface area contributed by atoms with E-state index in [0.717, 1.165) is 18.7 Å². The molecule has 3 atom stereocenters. The number of nitrogens with zero attached hydrogens (tertiary/aromatic N) is 6. The molecule has 3 amide bonds. The number of aromatic nitrogens is 5. The van der Waals surface area contributed by atoms with Crippen LogP contribution in [0.5, 0.6) is 0 Å². The van der Waals surface area contributed by atoms with Crippen molar-refractivity contribution >= 4 is 17.6 Å². The number of hydrogen-bond acceptors (Lipinski definition) is 9. The zero-order valence-corrected chi connectivity index (χ0v) is 23.2. The van der Waals surface area contributed by atoms with Crippen molar-refractivity contribution < 1.29 is 45.6 Å². The van der Waals surface area contributed by atoms with Gasteiger partial charge >= 0.3 is 12.2 Å². The average Bonchev–Trinajstić information content (AvgIpc) is 3.51. The summed E-state index contributed by atoms with van der Waals surface area (Å²) in [5.74, 6) is -3.98. The van der Waals surface area contributed by atoms with Crippen molar-refractivity contribution in [1.29, 1.82) is 0 Å². The summed E-state index contributed by atoms with van der Waals surface area (Å²) in [6, 6.07) is -1.46. The van der Waals surface area contributed by atoms with Crippen LogP contribution in [0.2, 0.25) is 0 Å². The molecule has 4 heterocycles. The Morgan fingerprint density at radius 2 is 2.00 bits per heavy atom. The van der Waals surface area contributed by atoms with Crippen LogP contribution in [0.3, 0.4) is 0 Å². The van der Waals surface area contributed by atoms with Crippen LogP contribution in [0.4, 0.5) is 26.7 Å². The number of carbonyl (C=O) groups is 2. The van der Waals surface area contributed by atoms with Crippen LogP contribution in [0.25, 0.3) is 5.65 Å². The summed E-state index contributed by atoms with van der Waals surface area (Å²) in [5.41, 5.74) is -2.11. The molecule has 4 rings (SSSR count). The molecule has 1 aliphatic heterocycles. The lowest BCUT2D eigenvalue weighted by Crippen LogP contribution is -2.58. The van der Waals surface area contributed by atoms with Crippen molar-refractivity contribution in [3.63, 3.8) is 0 Å². The van der Waals surface area contributed by atoms with Crippen LogP contribution in [-0.2, 0) is 9.47 Å². The number of fused-ring (bicyclic) bond motifs is 1. The van der Waals surface area contributed by atoms with Gasteiger partial charge in [-0.1, -0.05) is 5.16 Å². The fourth-order valence-electron chi connectivity index (χ4n) is 4.38. The smallest absolute Gasteiger partial charge is 0.382 e. The maximum Gasteiger partial charge on any atom is 0.416 e. The van der Waals surface area contributed by atoms with Gasteiger partial charge in [-0.25, -0.2) is 27.7 Å². The third kappa shape index (κ3) is 6.43. The number of rotatable bonds is 10. The van der Waals surface area contributed by atoms with Gasteiger partial charge in [-0.2, -0.15) is 18.3 Å². The fraction of sp³-hybridized carbons (Fsp3) is 0.583.